The Kier molecular flexibility index (Phi) is 6.41. The van der Waals surface area contributed by atoms with E-state index in [0.717, 1.165) is 12.1 Å². The molecule has 2 atom stereocenters. The van der Waals surface area contributed by atoms with Crippen molar-refractivity contribution >= 4 is 65.6 Å². The zero-order chi connectivity index (χ0) is 32.9. The molecule has 0 fully saturated rings. The van der Waals surface area contributed by atoms with E-state index in [1.165, 1.54) is 18.9 Å². The molecule has 4 aromatic heterocycles. The lowest BCUT2D eigenvalue weighted by Crippen LogP contribution is -2.31. The van der Waals surface area contributed by atoms with Crippen LogP contribution in [-0.2, 0) is 0 Å². The molecule has 0 aliphatic carbocycles. The second-order valence-electron chi connectivity index (χ2n) is 11.3. The fourth-order valence-corrected chi connectivity index (χ4v) is 6.68. The third-order valence-electron chi connectivity index (χ3n) is 8.43. The molecule has 0 bridgehead atoms. The number of anilines is 1. The Morgan fingerprint density at radius 2 is 1.34 bits per heavy atom. The van der Waals surface area contributed by atoms with E-state index in [4.69, 9.17) is 24.0 Å². The first-order valence-electron chi connectivity index (χ1n) is 14.3. The van der Waals surface area contributed by atoms with E-state index >= 15 is 0 Å². The van der Waals surface area contributed by atoms with Gasteiger partial charge in [-0.1, -0.05) is 0 Å². The van der Waals surface area contributed by atoms with Crippen molar-refractivity contribution in [3.05, 3.63) is 85.8 Å². The SMILES string of the molecule is C[C@H]1COc2c(-c3cc(F)c(N)cc3F)ccc3c4ocnc4c(=O)n1c23.C[C@H]1COc2c(Br)c(F)cc3c4ocnc4c(=O)n1c23. The lowest BCUT2D eigenvalue weighted by Gasteiger charge is -2.27. The van der Waals surface area contributed by atoms with Crippen molar-refractivity contribution in [2.45, 2.75) is 25.9 Å². The van der Waals surface area contributed by atoms with Crippen LogP contribution in [0.25, 0.3) is 55.1 Å². The lowest BCUT2D eigenvalue weighted by atomic mass is 9.99. The molecule has 0 spiro atoms. The van der Waals surface area contributed by atoms with Crippen molar-refractivity contribution in [3.63, 3.8) is 0 Å². The first-order chi connectivity index (χ1) is 22.6. The highest BCUT2D eigenvalue weighted by Gasteiger charge is 2.30. The number of hydrogen-bond donors (Lipinski definition) is 1. The number of halogens is 4. The fourth-order valence-electron chi connectivity index (χ4n) is 6.27. The van der Waals surface area contributed by atoms with Crippen LogP contribution in [0.1, 0.15) is 25.9 Å². The van der Waals surface area contributed by atoms with Crippen LogP contribution in [0.15, 0.2) is 66.0 Å². The number of fused-ring (bicyclic) bond motifs is 4. The number of nitrogen functional groups attached to an aromatic ring is 1. The summed E-state index contributed by atoms with van der Waals surface area (Å²) in [4.78, 5) is 33.3. The van der Waals surface area contributed by atoms with Crippen molar-refractivity contribution < 1.29 is 31.5 Å². The molecule has 0 amide bonds. The van der Waals surface area contributed by atoms with Crippen molar-refractivity contribution in [3.8, 4) is 22.6 Å². The second-order valence-corrected chi connectivity index (χ2v) is 12.1. The van der Waals surface area contributed by atoms with Gasteiger partial charge in [0.2, 0.25) is 0 Å². The summed E-state index contributed by atoms with van der Waals surface area (Å²) in [6, 6.07) is 6.17. The van der Waals surface area contributed by atoms with Crippen molar-refractivity contribution in [2.24, 2.45) is 0 Å². The Balaban J connectivity index is 0.000000144. The summed E-state index contributed by atoms with van der Waals surface area (Å²) in [5, 5.41) is 1.10. The summed E-state index contributed by atoms with van der Waals surface area (Å²) < 4.78 is 68.0. The summed E-state index contributed by atoms with van der Waals surface area (Å²) >= 11 is 3.17. The molecule has 15 heteroatoms. The van der Waals surface area contributed by atoms with Crippen molar-refractivity contribution in [1.82, 2.24) is 19.1 Å². The number of benzene rings is 3. The van der Waals surface area contributed by atoms with Crippen molar-refractivity contribution in [2.75, 3.05) is 18.9 Å². The molecule has 9 rings (SSSR count). The van der Waals surface area contributed by atoms with E-state index in [0.29, 0.717) is 51.1 Å². The van der Waals surface area contributed by atoms with Crippen LogP contribution in [0.2, 0.25) is 0 Å². The standard InChI is InChI=1S/C19H13F2N3O3.C13H8BrFN2O3/c1-8-6-26-18-9(11-4-13(21)14(22)5-12(11)20)2-3-10-16(18)24(8)19(25)15-17(10)27-7-23-15;1-5-3-19-12-8(14)7(15)2-6-10(12)17(5)13(18)9-11(6)20-4-16-9/h2-5,7-8H,6,22H2,1H3;2,4-5H,3H2,1H3/t8-;5-/m00/s1. The van der Waals surface area contributed by atoms with Crippen LogP contribution < -0.4 is 26.3 Å². The monoisotopic (exact) mass is 707 g/mol. The van der Waals surface area contributed by atoms with Crippen molar-refractivity contribution in [1.29, 1.82) is 0 Å². The number of oxazole rings is 2. The Labute approximate surface area is 269 Å². The summed E-state index contributed by atoms with van der Waals surface area (Å²) in [5.41, 5.74) is 6.98. The van der Waals surface area contributed by atoms with Crippen LogP contribution in [0, 0.1) is 17.5 Å². The molecule has 2 aliphatic rings. The molecule has 3 aromatic carbocycles. The van der Waals surface area contributed by atoms with Gasteiger partial charge in [-0.15, -0.1) is 0 Å². The molecule has 47 heavy (non-hydrogen) atoms. The zero-order valence-electron chi connectivity index (χ0n) is 24.4. The predicted molar refractivity (Wildman–Crippen MR) is 169 cm³/mol. The van der Waals surface area contributed by atoms with Gasteiger partial charge in [-0.25, -0.2) is 23.1 Å². The number of ether oxygens (including phenoxy) is 2. The maximum absolute atomic E-state index is 14.5. The van der Waals surface area contributed by atoms with Gasteiger partial charge in [0.05, 0.1) is 38.7 Å². The van der Waals surface area contributed by atoms with Crippen LogP contribution in [0.5, 0.6) is 11.5 Å². The van der Waals surface area contributed by atoms with E-state index in [1.807, 2.05) is 13.8 Å². The highest BCUT2D eigenvalue weighted by Crippen LogP contribution is 2.44. The lowest BCUT2D eigenvalue weighted by molar-refractivity contribution is 0.242. The van der Waals surface area contributed by atoms with Gasteiger partial charge in [0, 0.05) is 22.6 Å². The van der Waals surface area contributed by atoms with Gasteiger partial charge < -0.3 is 24.0 Å². The van der Waals surface area contributed by atoms with E-state index in [2.05, 4.69) is 25.9 Å². The molecule has 11 nitrogen and oxygen atoms in total. The quantitative estimate of drug-likeness (QED) is 0.186. The smallest absolute Gasteiger partial charge is 0.281 e. The first-order valence-corrected chi connectivity index (χ1v) is 15.1. The average molecular weight is 708 g/mol. The van der Waals surface area contributed by atoms with Crippen LogP contribution in [-0.4, -0.2) is 32.3 Å². The van der Waals surface area contributed by atoms with E-state index in [9.17, 15) is 22.8 Å². The largest absolute Gasteiger partial charge is 0.489 e. The Bertz CT molecular complexity index is 2590. The molecule has 2 aliphatic heterocycles. The molecule has 0 unspecified atom stereocenters. The molecule has 238 valence electrons. The summed E-state index contributed by atoms with van der Waals surface area (Å²) in [5.74, 6) is -1.25. The van der Waals surface area contributed by atoms with Crippen LogP contribution in [0.4, 0.5) is 18.9 Å². The number of nitrogens with zero attached hydrogens (tertiary/aromatic N) is 4. The Hall–Kier alpha value is -5.31. The molecule has 7 aromatic rings. The molecular weight excluding hydrogens is 687 g/mol. The molecule has 0 radical (unpaired) electrons. The molecule has 6 heterocycles. The Morgan fingerprint density at radius 1 is 0.766 bits per heavy atom. The van der Waals surface area contributed by atoms with Gasteiger partial charge in [-0.05, 0) is 54.0 Å². The van der Waals surface area contributed by atoms with Gasteiger partial charge in [0.15, 0.2) is 46.5 Å². The maximum atomic E-state index is 14.5. The van der Waals surface area contributed by atoms with E-state index in [1.54, 1.807) is 21.3 Å². The van der Waals surface area contributed by atoms with Gasteiger partial charge in [-0.3, -0.25) is 18.7 Å². The minimum Gasteiger partial charge on any atom is -0.489 e. The van der Waals surface area contributed by atoms with E-state index < -0.39 is 17.5 Å². The molecule has 2 N–H and O–H groups in total. The predicted octanol–water partition coefficient (Wildman–Crippen LogP) is 6.62. The number of hydrogen-bond acceptors (Lipinski definition) is 9. The highest BCUT2D eigenvalue weighted by molar-refractivity contribution is 9.10. The summed E-state index contributed by atoms with van der Waals surface area (Å²) in [7, 11) is 0. The average Bonchev–Trinajstić information content (AvgIpc) is 3.75. The van der Waals surface area contributed by atoms with Gasteiger partial charge in [0.1, 0.15) is 30.7 Å². The maximum Gasteiger partial charge on any atom is 0.281 e. The normalized spacial score (nSPS) is 16.7. The van der Waals surface area contributed by atoms with Gasteiger partial charge in [-0.2, -0.15) is 0 Å². The molecule has 0 saturated carbocycles. The fraction of sp³-hybridized carbons (Fsp3) is 0.188. The topological polar surface area (TPSA) is 141 Å². The minimum absolute atomic E-state index is 0.00446. The number of rotatable bonds is 1. The second kappa shape index (κ2) is 10.4. The van der Waals surface area contributed by atoms with E-state index in [-0.39, 0.29) is 62.1 Å². The number of nitrogens with two attached hydrogens (primary N) is 1. The van der Waals surface area contributed by atoms with Gasteiger partial charge in [0.25, 0.3) is 11.1 Å². The molecular formula is C32H21BrF3N5O6. The van der Waals surface area contributed by atoms with Crippen LogP contribution in [0.3, 0.4) is 0 Å². The summed E-state index contributed by atoms with van der Waals surface area (Å²) in [6.07, 6.45) is 2.40. The number of pyridine rings is 2. The number of aromatic nitrogens is 4. The van der Waals surface area contributed by atoms with Crippen LogP contribution >= 0.6 is 15.9 Å². The minimum atomic E-state index is -0.731. The summed E-state index contributed by atoms with van der Waals surface area (Å²) in [6.45, 7) is 4.22. The zero-order valence-corrected chi connectivity index (χ0v) is 26.0. The highest BCUT2D eigenvalue weighted by atomic mass is 79.9. The van der Waals surface area contributed by atoms with Gasteiger partial charge >= 0.3 is 0 Å². The Morgan fingerprint density at radius 3 is 1.98 bits per heavy atom. The third kappa shape index (κ3) is 4.11. The third-order valence-corrected chi connectivity index (χ3v) is 9.17. The first kappa shape index (κ1) is 29.1. The molecule has 0 saturated heterocycles.